The van der Waals surface area contributed by atoms with Gasteiger partial charge in [-0.05, 0) is 51.5 Å². The minimum atomic E-state index is 0.323. The average Bonchev–Trinajstić information content (AvgIpc) is 2.31. The summed E-state index contributed by atoms with van der Waals surface area (Å²) in [7, 11) is 0. The van der Waals surface area contributed by atoms with Crippen molar-refractivity contribution in [3.63, 3.8) is 0 Å². The van der Waals surface area contributed by atoms with Crippen LogP contribution in [0, 0.1) is 11.3 Å². The molecule has 0 aromatic carbocycles. The first-order valence-corrected chi connectivity index (χ1v) is 8.22. The summed E-state index contributed by atoms with van der Waals surface area (Å²) in [6, 6.07) is 0.663. The van der Waals surface area contributed by atoms with E-state index in [2.05, 4.69) is 19.2 Å². The van der Waals surface area contributed by atoms with Crippen molar-refractivity contribution in [1.82, 2.24) is 5.32 Å². The molecule has 0 saturated heterocycles. The van der Waals surface area contributed by atoms with Gasteiger partial charge in [-0.1, -0.05) is 19.8 Å². The van der Waals surface area contributed by atoms with Crippen LogP contribution < -0.4 is 5.32 Å². The number of aliphatic hydroxyl groups excluding tert-OH is 1. The third-order valence-electron chi connectivity index (χ3n) is 5.32. The van der Waals surface area contributed by atoms with Gasteiger partial charge >= 0.3 is 0 Å². The summed E-state index contributed by atoms with van der Waals surface area (Å²) >= 11 is 0. The van der Waals surface area contributed by atoms with Crippen molar-refractivity contribution in [2.24, 2.45) is 11.3 Å². The zero-order chi connectivity index (χ0) is 13.7. The first kappa shape index (κ1) is 15.3. The van der Waals surface area contributed by atoms with E-state index in [1.807, 2.05) is 0 Å². The number of hydrogen-bond donors (Lipinski definition) is 2. The van der Waals surface area contributed by atoms with Crippen LogP contribution in [0.5, 0.6) is 0 Å². The van der Waals surface area contributed by atoms with Crippen LogP contribution in [0.25, 0.3) is 0 Å². The Morgan fingerprint density at radius 3 is 2.63 bits per heavy atom. The Labute approximate surface area is 118 Å². The summed E-state index contributed by atoms with van der Waals surface area (Å²) in [4.78, 5) is 0. The summed E-state index contributed by atoms with van der Waals surface area (Å²) in [6.45, 7) is 6.57. The molecule has 0 amide bonds. The van der Waals surface area contributed by atoms with Crippen LogP contribution in [0.15, 0.2) is 0 Å². The first-order valence-electron chi connectivity index (χ1n) is 8.22. The Hall–Kier alpha value is -0.120. The van der Waals surface area contributed by atoms with E-state index in [1.54, 1.807) is 0 Å². The predicted molar refractivity (Wildman–Crippen MR) is 78.2 cm³/mol. The normalized spacial score (nSPS) is 29.8. The van der Waals surface area contributed by atoms with Gasteiger partial charge in [0.05, 0.1) is 6.10 Å². The van der Waals surface area contributed by atoms with Crippen LogP contribution in [0.2, 0.25) is 0 Å². The number of nitrogens with one attached hydrogen (secondary N) is 1. The summed E-state index contributed by atoms with van der Waals surface area (Å²) in [5, 5.41) is 12.9. The molecule has 2 N–H and O–H groups in total. The number of aliphatic hydroxyl groups is 1. The van der Waals surface area contributed by atoms with Crippen LogP contribution >= 0.6 is 0 Å². The van der Waals surface area contributed by atoms with E-state index in [-0.39, 0.29) is 0 Å². The largest absolute Gasteiger partial charge is 0.396 e. The Morgan fingerprint density at radius 2 is 2.11 bits per heavy atom. The van der Waals surface area contributed by atoms with Crippen molar-refractivity contribution in [3.8, 4) is 0 Å². The van der Waals surface area contributed by atoms with Gasteiger partial charge in [-0.3, -0.25) is 0 Å². The molecule has 2 saturated carbocycles. The molecule has 0 radical (unpaired) electrons. The van der Waals surface area contributed by atoms with Crippen LogP contribution in [-0.2, 0) is 4.74 Å². The minimum absolute atomic E-state index is 0.323. The monoisotopic (exact) mass is 269 g/mol. The standard InChI is InChI=1S/C16H31NO2/c1-3-6-13(7-10-18)12-17-14-11-15(19-4-2)16(14)8-5-9-16/h13-15,17-18H,3-12H2,1-2H3. The van der Waals surface area contributed by atoms with Crippen molar-refractivity contribution in [1.29, 1.82) is 0 Å². The molecule has 0 aromatic rings. The smallest absolute Gasteiger partial charge is 0.0661 e. The van der Waals surface area contributed by atoms with Crippen LogP contribution in [-0.4, -0.2) is 37.0 Å². The van der Waals surface area contributed by atoms with Crippen LogP contribution in [0.4, 0.5) is 0 Å². The minimum Gasteiger partial charge on any atom is -0.396 e. The van der Waals surface area contributed by atoms with Gasteiger partial charge in [-0.25, -0.2) is 0 Å². The molecule has 2 aliphatic carbocycles. The third kappa shape index (κ3) is 3.14. The summed E-state index contributed by atoms with van der Waals surface area (Å²) in [5.74, 6) is 0.637. The van der Waals surface area contributed by atoms with Crippen molar-refractivity contribution in [2.45, 2.75) is 70.9 Å². The number of hydrogen-bond acceptors (Lipinski definition) is 3. The Kier molecular flexibility index (Phi) is 5.67. The van der Waals surface area contributed by atoms with E-state index in [0.29, 0.717) is 30.1 Å². The van der Waals surface area contributed by atoms with Gasteiger partial charge in [0, 0.05) is 24.7 Å². The van der Waals surface area contributed by atoms with E-state index < -0.39 is 0 Å². The lowest BCUT2D eigenvalue weighted by molar-refractivity contribution is -0.173. The fourth-order valence-electron chi connectivity index (χ4n) is 3.97. The molecule has 3 unspecified atom stereocenters. The van der Waals surface area contributed by atoms with Gasteiger partial charge in [-0.2, -0.15) is 0 Å². The maximum absolute atomic E-state index is 9.12. The molecule has 1 spiro atoms. The van der Waals surface area contributed by atoms with Crippen molar-refractivity contribution >= 4 is 0 Å². The highest BCUT2D eigenvalue weighted by Gasteiger charge is 2.58. The highest BCUT2D eigenvalue weighted by Crippen LogP contribution is 2.57. The second-order valence-corrected chi connectivity index (χ2v) is 6.39. The van der Waals surface area contributed by atoms with Crippen LogP contribution in [0.3, 0.4) is 0 Å². The maximum atomic E-state index is 9.12. The maximum Gasteiger partial charge on any atom is 0.0661 e. The zero-order valence-electron chi connectivity index (χ0n) is 12.7. The Balaban J connectivity index is 1.77. The quantitative estimate of drug-likeness (QED) is 0.676. The lowest BCUT2D eigenvalue weighted by Crippen LogP contribution is -2.67. The van der Waals surface area contributed by atoms with E-state index >= 15 is 0 Å². The highest BCUT2D eigenvalue weighted by molar-refractivity contribution is 5.12. The van der Waals surface area contributed by atoms with Gasteiger partial charge in [0.25, 0.3) is 0 Å². The molecular formula is C16H31NO2. The fraction of sp³-hybridized carbons (Fsp3) is 1.00. The van der Waals surface area contributed by atoms with Gasteiger partial charge in [0.15, 0.2) is 0 Å². The first-order chi connectivity index (χ1) is 9.26. The molecule has 0 aromatic heterocycles. The van der Waals surface area contributed by atoms with Crippen molar-refractivity contribution < 1.29 is 9.84 Å². The lowest BCUT2D eigenvalue weighted by atomic mass is 9.51. The lowest BCUT2D eigenvalue weighted by Gasteiger charge is -2.61. The average molecular weight is 269 g/mol. The number of rotatable bonds is 9. The Bertz CT molecular complexity index is 259. The van der Waals surface area contributed by atoms with Crippen molar-refractivity contribution in [3.05, 3.63) is 0 Å². The summed E-state index contributed by atoms with van der Waals surface area (Å²) < 4.78 is 5.89. The summed E-state index contributed by atoms with van der Waals surface area (Å²) in [6.07, 6.45) is 9.12. The molecular weight excluding hydrogens is 238 g/mol. The molecule has 3 nitrogen and oxygen atoms in total. The summed E-state index contributed by atoms with van der Waals surface area (Å²) in [5.41, 5.74) is 0.464. The van der Waals surface area contributed by atoms with Gasteiger partial charge in [0.2, 0.25) is 0 Å². The third-order valence-corrected chi connectivity index (χ3v) is 5.32. The fourth-order valence-corrected chi connectivity index (χ4v) is 3.97. The predicted octanol–water partition coefficient (Wildman–Crippen LogP) is 2.72. The molecule has 2 rings (SSSR count). The molecule has 0 bridgehead atoms. The molecule has 3 atom stereocenters. The second-order valence-electron chi connectivity index (χ2n) is 6.39. The SMILES string of the molecule is CCCC(CCO)CNC1CC(OCC)C12CCC2. The molecule has 3 heteroatoms. The molecule has 2 aliphatic rings. The number of ether oxygens (including phenoxy) is 1. The topological polar surface area (TPSA) is 41.5 Å². The van der Waals surface area contributed by atoms with Gasteiger partial charge in [-0.15, -0.1) is 0 Å². The molecule has 0 aliphatic heterocycles. The van der Waals surface area contributed by atoms with E-state index in [1.165, 1.54) is 38.5 Å². The van der Waals surface area contributed by atoms with Crippen molar-refractivity contribution in [2.75, 3.05) is 19.8 Å². The van der Waals surface area contributed by atoms with E-state index in [4.69, 9.17) is 9.84 Å². The van der Waals surface area contributed by atoms with E-state index in [0.717, 1.165) is 19.6 Å². The van der Waals surface area contributed by atoms with Gasteiger partial charge < -0.3 is 15.2 Å². The Morgan fingerprint density at radius 1 is 1.32 bits per heavy atom. The van der Waals surface area contributed by atoms with Crippen LogP contribution in [0.1, 0.15) is 58.8 Å². The molecule has 2 fully saturated rings. The van der Waals surface area contributed by atoms with Gasteiger partial charge in [0.1, 0.15) is 0 Å². The van der Waals surface area contributed by atoms with E-state index in [9.17, 15) is 0 Å². The molecule has 112 valence electrons. The zero-order valence-corrected chi connectivity index (χ0v) is 12.7. The second kappa shape index (κ2) is 7.05. The molecule has 19 heavy (non-hydrogen) atoms. The molecule has 0 heterocycles. The highest BCUT2D eigenvalue weighted by atomic mass is 16.5.